The summed E-state index contributed by atoms with van der Waals surface area (Å²) in [4.78, 5) is 22.7. The quantitative estimate of drug-likeness (QED) is 0.484. The molecule has 0 aromatic heterocycles. The number of hydrogen-bond acceptors (Lipinski definition) is 4. The van der Waals surface area contributed by atoms with Gasteiger partial charge in [-0.1, -0.05) is 30.3 Å². The Morgan fingerprint density at radius 2 is 1.75 bits per heavy atom. The summed E-state index contributed by atoms with van der Waals surface area (Å²) in [6.07, 6.45) is -0.311. The molecule has 0 saturated carbocycles. The number of amides is 2. The zero-order valence-electron chi connectivity index (χ0n) is 11.5. The van der Waals surface area contributed by atoms with Crippen LogP contribution in [0.5, 0.6) is 0 Å². The Hall–Kier alpha value is -1.92. The number of hydrogen-bond donors (Lipinski definition) is 3. The number of nitrogens with one attached hydrogen (secondary N) is 2. The first kappa shape index (κ1) is 16.1. The van der Waals surface area contributed by atoms with Gasteiger partial charge in [0.15, 0.2) is 0 Å². The van der Waals surface area contributed by atoms with E-state index in [0.29, 0.717) is 13.0 Å². The maximum absolute atomic E-state index is 11.4. The second-order valence-corrected chi connectivity index (χ2v) is 4.22. The van der Waals surface area contributed by atoms with E-state index in [1.165, 1.54) is 7.11 Å². The van der Waals surface area contributed by atoms with E-state index in [0.717, 1.165) is 5.56 Å². The van der Waals surface area contributed by atoms with Crippen LogP contribution in [0.2, 0.25) is 0 Å². The second-order valence-electron chi connectivity index (χ2n) is 4.22. The van der Waals surface area contributed by atoms with Gasteiger partial charge in [-0.2, -0.15) is 0 Å². The Bertz CT molecular complexity index is 422. The number of aliphatic hydroxyl groups is 1. The number of carbonyl (C=O) groups is 2. The average molecular weight is 280 g/mol. The first-order valence-electron chi connectivity index (χ1n) is 6.43. The first-order valence-corrected chi connectivity index (χ1v) is 6.43. The number of aliphatic hydroxyl groups excluding tert-OH is 1. The molecule has 0 fully saturated rings. The summed E-state index contributed by atoms with van der Waals surface area (Å²) in [6, 6.07) is 9.15. The highest BCUT2D eigenvalue weighted by Gasteiger charge is 2.13. The molecular weight excluding hydrogens is 260 g/mol. The fourth-order valence-electron chi connectivity index (χ4n) is 1.59. The summed E-state index contributed by atoms with van der Waals surface area (Å²) in [6.45, 7) is 0.869. The summed E-state index contributed by atoms with van der Waals surface area (Å²) in [5.41, 5.74) is 0.784. The molecule has 1 unspecified atom stereocenters. The Labute approximate surface area is 118 Å². The van der Waals surface area contributed by atoms with Gasteiger partial charge in [-0.25, -0.2) is 0 Å². The predicted molar refractivity (Wildman–Crippen MR) is 73.9 cm³/mol. The minimum absolute atomic E-state index is 0.229. The number of benzene rings is 1. The molecule has 1 aromatic carbocycles. The highest BCUT2D eigenvalue weighted by atomic mass is 16.5. The summed E-state index contributed by atoms with van der Waals surface area (Å²) >= 11 is 0. The lowest BCUT2D eigenvalue weighted by Crippen LogP contribution is -2.41. The normalized spacial score (nSPS) is 11.7. The Morgan fingerprint density at radius 3 is 2.35 bits per heavy atom. The lowest BCUT2D eigenvalue weighted by molar-refractivity contribution is -0.139. The van der Waals surface area contributed by atoms with Crippen LogP contribution in [0.25, 0.3) is 0 Å². The molecule has 0 aliphatic rings. The van der Waals surface area contributed by atoms with Crippen molar-refractivity contribution in [1.82, 2.24) is 10.6 Å². The van der Waals surface area contributed by atoms with Crippen molar-refractivity contribution < 1.29 is 19.4 Å². The van der Waals surface area contributed by atoms with Crippen molar-refractivity contribution >= 4 is 11.8 Å². The molecule has 0 aliphatic heterocycles. The molecule has 0 bridgehead atoms. The van der Waals surface area contributed by atoms with Gasteiger partial charge in [0, 0.05) is 20.2 Å². The van der Waals surface area contributed by atoms with E-state index in [2.05, 4.69) is 10.6 Å². The van der Waals surface area contributed by atoms with Crippen molar-refractivity contribution in [3.05, 3.63) is 35.9 Å². The van der Waals surface area contributed by atoms with E-state index >= 15 is 0 Å². The fourth-order valence-corrected chi connectivity index (χ4v) is 1.59. The molecule has 0 spiro atoms. The second kappa shape index (κ2) is 9.06. The molecule has 3 N–H and O–H groups in total. The van der Waals surface area contributed by atoms with Crippen LogP contribution in [0.15, 0.2) is 30.3 Å². The van der Waals surface area contributed by atoms with Crippen molar-refractivity contribution in [2.75, 3.05) is 26.8 Å². The third-order valence-corrected chi connectivity index (χ3v) is 2.69. The van der Waals surface area contributed by atoms with Crippen molar-refractivity contribution in [2.45, 2.75) is 12.5 Å². The molecule has 0 radical (unpaired) electrons. The third-order valence-electron chi connectivity index (χ3n) is 2.69. The minimum Gasteiger partial charge on any atom is -0.388 e. The van der Waals surface area contributed by atoms with Crippen LogP contribution in [-0.2, 0) is 14.3 Å². The van der Waals surface area contributed by atoms with Crippen molar-refractivity contribution in [3.8, 4) is 0 Å². The van der Waals surface area contributed by atoms with Gasteiger partial charge in [0.05, 0.1) is 12.7 Å². The number of rotatable bonds is 7. The molecule has 110 valence electrons. The molecule has 6 heteroatoms. The Balaban J connectivity index is 2.23. The molecule has 1 rings (SSSR count). The minimum atomic E-state index is -0.707. The molecule has 0 saturated heterocycles. The topological polar surface area (TPSA) is 87.7 Å². The van der Waals surface area contributed by atoms with Crippen molar-refractivity contribution in [2.24, 2.45) is 0 Å². The van der Waals surface area contributed by atoms with Gasteiger partial charge < -0.3 is 20.5 Å². The smallest absolute Gasteiger partial charge is 0.309 e. The maximum Gasteiger partial charge on any atom is 0.309 e. The van der Waals surface area contributed by atoms with E-state index in [-0.39, 0.29) is 13.1 Å². The third kappa shape index (κ3) is 5.81. The van der Waals surface area contributed by atoms with Gasteiger partial charge in [-0.05, 0) is 12.0 Å². The highest BCUT2D eigenvalue weighted by Crippen LogP contribution is 2.14. The molecular formula is C14H20N2O4. The van der Waals surface area contributed by atoms with E-state index < -0.39 is 17.9 Å². The maximum atomic E-state index is 11.4. The fraction of sp³-hybridized carbons (Fsp3) is 0.429. The molecule has 6 nitrogen and oxygen atoms in total. The van der Waals surface area contributed by atoms with Gasteiger partial charge >= 0.3 is 11.8 Å². The van der Waals surface area contributed by atoms with Gasteiger partial charge in [0.2, 0.25) is 0 Å². The first-order chi connectivity index (χ1) is 9.65. The van der Waals surface area contributed by atoms with Crippen LogP contribution >= 0.6 is 0 Å². The lowest BCUT2D eigenvalue weighted by Gasteiger charge is -2.11. The van der Waals surface area contributed by atoms with E-state index in [9.17, 15) is 14.7 Å². The standard InChI is InChI=1S/C14H20N2O4/c1-20-10-9-16-14(19)13(18)15-8-7-12(17)11-5-3-2-4-6-11/h2-6,12,17H,7-10H2,1H3,(H,15,18)(H,16,19). The number of carbonyl (C=O) groups excluding carboxylic acids is 2. The Morgan fingerprint density at radius 1 is 1.15 bits per heavy atom. The summed E-state index contributed by atoms with van der Waals surface area (Å²) < 4.78 is 4.75. The van der Waals surface area contributed by atoms with Crippen LogP contribution in [0, 0.1) is 0 Å². The molecule has 0 heterocycles. The SMILES string of the molecule is COCCNC(=O)C(=O)NCCC(O)c1ccccc1. The zero-order chi connectivity index (χ0) is 14.8. The van der Waals surface area contributed by atoms with E-state index in [4.69, 9.17) is 4.74 Å². The number of methoxy groups -OCH3 is 1. The summed E-state index contributed by atoms with van der Waals surface area (Å²) in [7, 11) is 1.51. The molecule has 1 atom stereocenters. The van der Waals surface area contributed by atoms with Crippen LogP contribution in [-0.4, -0.2) is 43.7 Å². The van der Waals surface area contributed by atoms with Gasteiger partial charge in [-0.3, -0.25) is 9.59 Å². The van der Waals surface area contributed by atoms with Crippen LogP contribution < -0.4 is 10.6 Å². The largest absolute Gasteiger partial charge is 0.388 e. The zero-order valence-corrected chi connectivity index (χ0v) is 11.5. The molecule has 20 heavy (non-hydrogen) atoms. The van der Waals surface area contributed by atoms with E-state index in [1.54, 1.807) is 0 Å². The highest BCUT2D eigenvalue weighted by molar-refractivity contribution is 6.35. The van der Waals surface area contributed by atoms with Crippen LogP contribution in [0.1, 0.15) is 18.1 Å². The number of ether oxygens (including phenoxy) is 1. The van der Waals surface area contributed by atoms with Gasteiger partial charge in [0.1, 0.15) is 0 Å². The summed E-state index contributed by atoms with van der Waals surface area (Å²) in [5.74, 6) is -1.40. The molecule has 0 aliphatic carbocycles. The van der Waals surface area contributed by atoms with Gasteiger partial charge in [-0.15, -0.1) is 0 Å². The van der Waals surface area contributed by atoms with Gasteiger partial charge in [0.25, 0.3) is 0 Å². The predicted octanol–water partition coefficient (Wildman–Crippen LogP) is -0.0111. The molecule has 2 amide bonds. The average Bonchev–Trinajstić information content (AvgIpc) is 2.48. The van der Waals surface area contributed by atoms with Crippen LogP contribution in [0.3, 0.4) is 0 Å². The molecule has 1 aromatic rings. The summed E-state index contributed by atoms with van der Waals surface area (Å²) in [5, 5.41) is 14.7. The Kier molecular flexibility index (Phi) is 7.31. The van der Waals surface area contributed by atoms with Crippen molar-refractivity contribution in [3.63, 3.8) is 0 Å². The monoisotopic (exact) mass is 280 g/mol. The van der Waals surface area contributed by atoms with Crippen LogP contribution in [0.4, 0.5) is 0 Å². The lowest BCUT2D eigenvalue weighted by atomic mass is 10.1. The van der Waals surface area contributed by atoms with Crippen molar-refractivity contribution in [1.29, 1.82) is 0 Å². The van der Waals surface area contributed by atoms with E-state index in [1.807, 2.05) is 30.3 Å².